The Bertz CT molecular complexity index is 496. The molecular formula is C11H12ClN3S. The van der Waals surface area contributed by atoms with Crippen LogP contribution in [0.25, 0.3) is 10.6 Å². The fourth-order valence-electron chi connectivity index (χ4n) is 1.32. The highest BCUT2D eigenvalue weighted by molar-refractivity contribution is 7.14. The van der Waals surface area contributed by atoms with Crippen molar-refractivity contribution in [2.45, 2.75) is 13.5 Å². The second kappa shape index (κ2) is 4.91. The SMILES string of the molecule is CNCc1nnc(-c2ccc(C)c(Cl)c2)s1. The van der Waals surface area contributed by atoms with Crippen LogP contribution in [0.15, 0.2) is 18.2 Å². The first-order valence-corrected chi connectivity index (χ1v) is 6.13. The van der Waals surface area contributed by atoms with Crippen molar-refractivity contribution in [2.75, 3.05) is 7.05 Å². The van der Waals surface area contributed by atoms with E-state index in [1.165, 1.54) is 0 Å². The molecule has 0 aliphatic carbocycles. The molecule has 1 aromatic heterocycles. The number of benzene rings is 1. The summed E-state index contributed by atoms with van der Waals surface area (Å²) >= 11 is 7.66. The number of hydrogen-bond donors (Lipinski definition) is 1. The molecule has 0 amide bonds. The minimum Gasteiger partial charge on any atom is -0.313 e. The zero-order valence-corrected chi connectivity index (χ0v) is 10.7. The van der Waals surface area contributed by atoms with Crippen LogP contribution in [0.3, 0.4) is 0 Å². The van der Waals surface area contributed by atoms with E-state index in [0.717, 1.165) is 32.7 Å². The largest absolute Gasteiger partial charge is 0.313 e. The molecule has 0 aliphatic rings. The number of nitrogens with zero attached hydrogens (tertiary/aromatic N) is 2. The third-order valence-electron chi connectivity index (χ3n) is 2.21. The third-order valence-corrected chi connectivity index (χ3v) is 3.59. The van der Waals surface area contributed by atoms with Crippen molar-refractivity contribution in [1.82, 2.24) is 15.5 Å². The lowest BCUT2D eigenvalue weighted by Gasteiger charge is -1.99. The Morgan fingerprint density at radius 3 is 2.88 bits per heavy atom. The highest BCUT2D eigenvalue weighted by atomic mass is 35.5. The van der Waals surface area contributed by atoms with Gasteiger partial charge in [-0.1, -0.05) is 35.1 Å². The van der Waals surface area contributed by atoms with Crippen LogP contribution in [-0.2, 0) is 6.54 Å². The van der Waals surface area contributed by atoms with E-state index in [4.69, 9.17) is 11.6 Å². The van der Waals surface area contributed by atoms with Gasteiger partial charge in [-0.3, -0.25) is 0 Å². The van der Waals surface area contributed by atoms with Crippen LogP contribution in [0.5, 0.6) is 0 Å². The molecule has 2 aromatic rings. The summed E-state index contributed by atoms with van der Waals surface area (Å²) in [6.45, 7) is 2.73. The van der Waals surface area contributed by atoms with Gasteiger partial charge in [0.2, 0.25) is 0 Å². The summed E-state index contributed by atoms with van der Waals surface area (Å²) in [5.74, 6) is 0. The van der Waals surface area contributed by atoms with Crippen molar-refractivity contribution < 1.29 is 0 Å². The molecule has 0 saturated heterocycles. The topological polar surface area (TPSA) is 37.8 Å². The molecule has 0 atom stereocenters. The van der Waals surface area contributed by atoms with Crippen LogP contribution in [0.4, 0.5) is 0 Å². The van der Waals surface area contributed by atoms with Gasteiger partial charge in [-0.15, -0.1) is 10.2 Å². The molecule has 5 heteroatoms. The first-order valence-electron chi connectivity index (χ1n) is 4.94. The average molecular weight is 254 g/mol. The molecule has 0 fully saturated rings. The zero-order chi connectivity index (χ0) is 11.5. The monoisotopic (exact) mass is 253 g/mol. The highest BCUT2D eigenvalue weighted by Gasteiger charge is 2.07. The molecule has 1 N–H and O–H groups in total. The zero-order valence-electron chi connectivity index (χ0n) is 9.12. The molecule has 1 aromatic carbocycles. The number of halogens is 1. The molecular weight excluding hydrogens is 242 g/mol. The minimum absolute atomic E-state index is 0.747. The molecule has 0 unspecified atom stereocenters. The molecule has 16 heavy (non-hydrogen) atoms. The lowest BCUT2D eigenvalue weighted by molar-refractivity contribution is 0.795. The summed E-state index contributed by atoms with van der Waals surface area (Å²) in [4.78, 5) is 0. The Labute approximate surface area is 103 Å². The molecule has 3 nitrogen and oxygen atoms in total. The van der Waals surface area contributed by atoms with Crippen molar-refractivity contribution in [1.29, 1.82) is 0 Å². The Morgan fingerprint density at radius 1 is 1.38 bits per heavy atom. The van der Waals surface area contributed by atoms with Crippen LogP contribution < -0.4 is 5.32 Å². The van der Waals surface area contributed by atoms with E-state index < -0.39 is 0 Å². The number of hydrogen-bond acceptors (Lipinski definition) is 4. The molecule has 1 heterocycles. The Hall–Kier alpha value is -0.970. The Morgan fingerprint density at radius 2 is 2.19 bits per heavy atom. The number of nitrogens with one attached hydrogen (secondary N) is 1. The molecule has 0 aliphatic heterocycles. The van der Waals surface area contributed by atoms with Gasteiger partial charge < -0.3 is 5.32 Å². The predicted molar refractivity (Wildman–Crippen MR) is 67.9 cm³/mol. The third kappa shape index (κ3) is 2.40. The van der Waals surface area contributed by atoms with Gasteiger partial charge in [0, 0.05) is 17.1 Å². The second-order valence-corrected chi connectivity index (χ2v) is 4.96. The van der Waals surface area contributed by atoms with E-state index in [9.17, 15) is 0 Å². The van der Waals surface area contributed by atoms with Gasteiger partial charge in [0.05, 0.1) is 0 Å². The maximum absolute atomic E-state index is 6.08. The van der Waals surface area contributed by atoms with Gasteiger partial charge in [-0.25, -0.2) is 0 Å². The van der Waals surface area contributed by atoms with Gasteiger partial charge in [0.15, 0.2) is 0 Å². The number of rotatable bonds is 3. The van der Waals surface area contributed by atoms with E-state index >= 15 is 0 Å². The van der Waals surface area contributed by atoms with Gasteiger partial charge >= 0.3 is 0 Å². The van der Waals surface area contributed by atoms with Crippen LogP contribution in [0.2, 0.25) is 5.02 Å². The Balaban J connectivity index is 2.31. The minimum atomic E-state index is 0.747. The van der Waals surface area contributed by atoms with Gasteiger partial charge in [0.25, 0.3) is 0 Å². The normalized spacial score (nSPS) is 10.7. The molecule has 84 valence electrons. The summed E-state index contributed by atoms with van der Waals surface area (Å²) in [6.07, 6.45) is 0. The maximum atomic E-state index is 6.08. The first-order chi connectivity index (χ1) is 7.70. The standard InChI is InChI=1S/C11H12ClN3S/c1-7-3-4-8(5-9(7)12)11-15-14-10(16-11)6-13-2/h3-5,13H,6H2,1-2H3. The fourth-order valence-corrected chi connectivity index (χ4v) is 2.35. The van der Waals surface area contributed by atoms with E-state index in [2.05, 4.69) is 15.5 Å². The van der Waals surface area contributed by atoms with E-state index in [1.807, 2.05) is 32.2 Å². The van der Waals surface area contributed by atoms with Crippen molar-refractivity contribution in [3.05, 3.63) is 33.8 Å². The number of aromatic nitrogens is 2. The van der Waals surface area contributed by atoms with Crippen LogP contribution >= 0.6 is 22.9 Å². The summed E-state index contributed by atoms with van der Waals surface area (Å²) in [6, 6.07) is 5.95. The van der Waals surface area contributed by atoms with Gasteiger partial charge in [-0.2, -0.15) is 0 Å². The van der Waals surface area contributed by atoms with Crippen molar-refractivity contribution in [3.63, 3.8) is 0 Å². The summed E-state index contributed by atoms with van der Waals surface area (Å²) in [5.41, 5.74) is 2.10. The van der Waals surface area contributed by atoms with Gasteiger partial charge in [0.1, 0.15) is 10.0 Å². The summed E-state index contributed by atoms with van der Waals surface area (Å²) < 4.78 is 0. The molecule has 2 rings (SSSR count). The van der Waals surface area contributed by atoms with Crippen LogP contribution in [0.1, 0.15) is 10.6 Å². The lowest BCUT2D eigenvalue weighted by atomic mass is 10.2. The molecule has 0 spiro atoms. The molecule has 0 bridgehead atoms. The smallest absolute Gasteiger partial charge is 0.147 e. The van der Waals surface area contributed by atoms with Crippen molar-refractivity contribution in [2.24, 2.45) is 0 Å². The predicted octanol–water partition coefficient (Wildman–Crippen LogP) is 2.89. The second-order valence-electron chi connectivity index (χ2n) is 3.50. The van der Waals surface area contributed by atoms with Crippen LogP contribution in [-0.4, -0.2) is 17.2 Å². The summed E-state index contributed by atoms with van der Waals surface area (Å²) in [5, 5.41) is 14.0. The molecule has 0 saturated carbocycles. The fraction of sp³-hybridized carbons (Fsp3) is 0.273. The quantitative estimate of drug-likeness (QED) is 0.914. The highest BCUT2D eigenvalue weighted by Crippen LogP contribution is 2.27. The van der Waals surface area contributed by atoms with E-state index in [1.54, 1.807) is 11.3 Å². The Kier molecular flexibility index (Phi) is 3.53. The van der Waals surface area contributed by atoms with E-state index in [0.29, 0.717) is 0 Å². The van der Waals surface area contributed by atoms with Crippen molar-refractivity contribution in [3.8, 4) is 10.6 Å². The van der Waals surface area contributed by atoms with Gasteiger partial charge in [-0.05, 0) is 25.6 Å². The van der Waals surface area contributed by atoms with Crippen LogP contribution in [0, 0.1) is 6.92 Å². The molecule has 0 radical (unpaired) electrons. The average Bonchev–Trinajstić information content (AvgIpc) is 2.71. The van der Waals surface area contributed by atoms with Crippen molar-refractivity contribution >= 4 is 22.9 Å². The first kappa shape index (κ1) is 11.5. The lowest BCUT2D eigenvalue weighted by Crippen LogP contribution is -2.04. The van der Waals surface area contributed by atoms with E-state index in [-0.39, 0.29) is 0 Å². The maximum Gasteiger partial charge on any atom is 0.147 e. The summed E-state index contributed by atoms with van der Waals surface area (Å²) in [7, 11) is 1.89. The number of aryl methyl sites for hydroxylation is 1.